The molecule has 0 aromatic heterocycles. The molecule has 1 fully saturated rings. The van der Waals surface area contributed by atoms with Gasteiger partial charge in [0.2, 0.25) is 5.91 Å². The molecule has 1 atom stereocenters. The highest BCUT2D eigenvalue weighted by Gasteiger charge is 2.24. The average molecular weight is 338 g/mol. The molecule has 24 heavy (non-hydrogen) atoms. The smallest absolute Gasteiger partial charge is 0.220 e. The Labute approximate surface area is 140 Å². The van der Waals surface area contributed by atoms with Gasteiger partial charge in [0, 0.05) is 31.5 Å². The van der Waals surface area contributed by atoms with E-state index >= 15 is 0 Å². The lowest BCUT2D eigenvalue weighted by Crippen LogP contribution is -2.45. The number of nitrogens with two attached hydrogens (primary N) is 1. The highest BCUT2D eigenvalue weighted by atomic mass is 19.1. The van der Waals surface area contributed by atoms with Crippen LogP contribution in [-0.2, 0) is 4.79 Å². The van der Waals surface area contributed by atoms with Crippen molar-refractivity contribution in [2.75, 3.05) is 6.54 Å². The normalized spacial score (nSPS) is 16.6. The number of Topliss-reactive ketones (excluding diaryl/α,β-unsaturated/α-hetero) is 1. The molecular weight excluding hydrogens is 314 g/mol. The fourth-order valence-corrected chi connectivity index (χ4v) is 3.26. The fourth-order valence-electron chi connectivity index (χ4n) is 3.26. The van der Waals surface area contributed by atoms with E-state index in [0.29, 0.717) is 18.5 Å². The summed E-state index contributed by atoms with van der Waals surface area (Å²) in [7, 11) is 0. The molecule has 1 aromatic rings. The third kappa shape index (κ3) is 5.09. The van der Waals surface area contributed by atoms with E-state index in [9.17, 15) is 18.4 Å². The summed E-state index contributed by atoms with van der Waals surface area (Å²) in [6, 6.07) is 2.73. The van der Waals surface area contributed by atoms with E-state index in [-0.39, 0.29) is 30.4 Å². The molecule has 0 heterocycles. The number of rotatable bonds is 7. The van der Waals surface area contributed by atoms with Gasteiger partial charge in [0.1, 0.15) is 11.6 Å². The molecule has 3 N–H and O–H groups in total. The van der Waals surface area contributed by atoms with E-state index in [1.165, 1.54) is 6.42 Å². The van der Waals surface area contributed by atoms with Crippen LogP contribution in [0.25, 0.3) is 0 Å². The van der Waals surface area contributed by atoms with Crippen LogP contribution in [0.1, 0.15) is 55.3 Å². The van der Waals surface area contributed by atoms with E-state index in [1.54, 1.807) is 0 Å². The highest BCUT2D eigenvalue weighted by molar-refractivity contribution is 5.98. The Balaban J connectivity index is 1.84. The summed E-state index contributed by atoms with van der Waals surface area (Å²) in [6.45, 7) is 0.372. The van der Waals surface area contributed by atoms with Gasteiger partial charge < -0.3 is 11.1 Å². The van der Waals surface area contributed by atoms with Crippen molar-refractivity contribution in [3.8, 4) is 0 Å². The van der Waals surface area contributed by atoms with Crippen molar-refractivity contribution in [1.82, 2.24) is 5.32 Å². The highest BCUT2D eigenvalue weighted by Crippen LogP contribution is 2.26. The zero-order chi connectivity index (χ0) is 17.5. The van der Waals surface area contributed by atoms with Crippen LogP contribution in [0.4, 0.5) is 8.78 Å². The molecule has 4 nitrogen and oxygen atoms in total. The quantitative estimate of drug-likeness (QED) is 0.751. The number of amides is 1. The summed E-state index contributed by atoms with van der Waals surface area (Å²) in [5.41, 5.74) is 5.58. The number of hydrogen-bond acceptors (Lipinski definition) is 3. The molecule has 1 unspecified atom stereocenters. The molecule has 0 bridgehead atoms. The van der Waals surface area contributed by atoms with E-state index in [1.807, 2.05) is 0 Å². The number of nitrogens with one attached hydrogen (secondary N) is 1. The zero-order valence-electron chi connectivity index (χ0n) is 13.7. The second-order valence-corrected chi connectivity index (χ2v) is 6.36. The third-order valence-corrected chi connectivity index (χ3v) is 4.63. The minimum Gasteiger partial charge on any atom is -0.352 e. The van der Waals surface area contributed by atoms with Crippen molar-refractivity contribution in [1.29, 1.82) is 0 Å². The largest absolute Gasteiger partial charge is 0.352 e. The van der Waals surface area contributed by atoms with E-state index < -0.39 is 17.4 Å². The molecule has 1 saturated carbocycles. The van der Waals surface area contributed by atoms with Crippen molar-refractivity contribution >= 4 is 11.7 Å². The Morgan fingerprint density at radius 2 is 1.88 bits per heavy atom. The second-order valence-electron chi connectivity index (χ2n) is 6.36. The fraction of sp³-hybridized carbons (Fsp3) is 0.556. The molecule has 2 rings (SSSR count). The maximum atomic E-state index is 13.6. The molecule has 1 aliphatic carbocycles. The Bertz CT molecular complexity index is 586. The number of ketones is 1. The number of carbonyl (C=O) groups is 2. The predicted octanol–water partition coefficient (Wildman–Crippen LogP) is 2.95. The maximum Gasteiger partial charge on any atom is 0.220 e. The van der Waals surface area contributed by atoms with Gasteiger partial charge in [-0.15, -0.1) is 0 Å². The summed E-state index contributed by atoms with van der Waals surface area (Å²) in [6.07, 6.45) is 5.50. The molecule has 1 amide bonds. The van der Waals surface area contributed by atoms with Gasteiger partial charge in [-0.3, -0.25) is 9.59 Å². The molecule has 0 radical (unpaired) electrons. The predicted molar refractivity (Wildman–Crippen MR) is 87.5 cm³/mol. The van der Waals surface area contributed by atoms with Crippen LogP contribution in [0.15, 0.2) is 18.2 Å². The van der Waals surface area contributed by atoms with Gasteiger partial charge in [-0.2, -0.15) is 0 Å². The summed E-state index contributed by atoms with van der Waals surface area (Å²) < 4.78 is 26.4. The molecule has 1 aliphatic rings. The summed E-state index contributed by atoms with van der Waals surface area (Å²) in [5, 5.41) is 2.90. The van der Waals surface area contributed by atoms with Crippen molar-refractivity contribution < 1.29 is 18.4 Å². The third-order valence-electron chi connectivity index (χ3n) is 4.63. The van der Waals surface area contributed by atoms with Crippen LogP contribution in [0.5, 0.6) is 0 Å². The first-order valence-electron chi connectivity index (χ1n) is 8.49. The summed E-state index contributed by atoms with van der Waals surface area (Å²) in [4.78, 5) is 24.0. The minimum atomic E-state index is -0.901. The average Bonchev–Trinajstić information content (AvgIpc) is 2.58. The lowest BCUT2D eigenvalue weighted by atomic mass is 9.84. The number of hydrogen-bond donors (Lipinski definition) is 2. The van der Waals surface area contributed by atoms with E-state index in [4.69, 9.17) is 5.73 Å². The molecule has 0 saturated heterocycles. The molecule has 0 spiro atoms. The van der Waals surface area contributed by atoms with Crippen molar-refractivity contribution in [2.45, 2.75) is 51.0 Å². The molecule has 6 heteroatoms. The van der Waals surface area contributed by atoms with E-state index in [2.05, 4.69) is 5.32 Å². The van der Waals surface area contributed by atoms with Gasteiger partial charge >= 0.3 is 0 Å². The number of halogens is 2. The standard InChI is InChI=1S/C18H24F2N2O2/c19-13-6-7-14(15(20)10-13)17(23)8-9-18(24)22-16(11-21)12-4-2-1-3-5-12/h6-7,10,12,16H,1-5,8-9,11,21H2,(H,22,24). The molecule has 132 valence electrons. The van der Waals surface area contributed by atoms with Gasteiger partial charge in [-0.05, 0) is 30.9 Å². The van der Waals surface area contributed by atoms with Crippen molar-refractivity contribution in [3.05, 3.63) is 35.4 Å². The van der Waals surface area contributed by atoms with Gasteiger partial charge in [0.25, 0.3) is 0 Å². The molecule has 0 aliphatic heterocycles. The first-order valence-corrected chi connectivity index (χ1v) is 8.49. The second kappa shape index (κ2) is 8.87. The summed E-state index contributed by atoms with van der Waals surface area (Å²) in [5.74, 6) is -2.02. The Kier molecular flexibility index (Phi) is 6.85. The lowest BCUT2D eigenvalue weighted by molar-refractivity contribution is -0.122. The number of carbonyl (C=O) groups excluding carboxylic acids is 2. The van der Waals surface area contributed by atoms with Gasteiger partial charge in [0.15, 0.2) is 5.78 Å². The van der Waals surface area contributed by atoms with Gasteiger partial charge in [-0.1, -0.05) is 19.3 Å². The first-order chi connectivity index (χ1) is 11.5. The molecular formula is C18H24F2N2O2. The van der Waals surface area contributed by atoms with E-state index in [0.717, 1.165) is 37.8 Å². The minimum absolute atomic E-state index is 0.0289. The zero-order valence-corrected chi connectivity index (χ0v) is 13.7. The van der Waals surface area contributed by atoms with Gasteiger partial charge in [-0.25, -0.2) is 8.78 Å². The maximum absolute atomic E-state index is 13.6. The van der Waals surface area contributed by atoms with Crippen LogP contribution in [0.2, 0.25) is 0 Å². The van der Waals surface area contributed by atoms with Crippen LogP contribution in [0.3, 0.4) is 0 Å². The summed E-state index contributed by atoms with van der Waals surface area (Å²) >= 11 is 0. The van der Waals surface area contributed by atoms with Gasteiger partial charge in [0.05, 0.1) is 5.56 Å². The molecule has 1 aromatic carbocycles. The lowest BCUT2D eigenvalue weighted by Gasteiger charge is -2.30. The monoisotopic (exact) mass is 338 g/mol. The van der Waals surface area contributed by atoms with Crippen molar-refractivity contribution in [2.24, 2.45) is 11.7 Å². The first kappa shape index (κ1) is 18.5. The Morgan fingerprint density at radius 1 is 1.17 bits per heavy atom. The van der Waals surface area contributed by atoms with Crippen molar-refractivity contribution in [3.63, 3.8) is 0 Å². The Morgan fingerprint density at radius 3 is 2.50 bits per heavy atom. The van der Waals surface area contributed by atoms with Crippen LogP contribution in [-0.4, -0.2) is 24.3 Å². The topological polar surface area (TPSA) is 72.2 Å². The SMILES string of the molecule is NCC(NC(=O)CCC(=O)c1ccc(F)cc1F)C1CCCCC1. The van der Waals surface area contributed by atoms with Crippen LogP contribution < -0.4 is 11.1 Å². The van der Waals surface area contributed by atoms with Crippen LogP contribution in [0, 0.1) is 17.6 Å². The van der Waals surface area contributed by atoms with Crippen LogP contribution >= 0.6 is 0 Å². The Hall–Kier alpha value is -1.82. The number of benzene rings is 1.